The number of carbonyl (C=O) groups excluding carboxylic acids is 3. The molecule has 0 saturated carbocycles. The SMILES string of the molecule is CCOC(=O)C(O)C(Cc1ccccc1)NC(=O)c1cccc(OC(C)=O)c1C. The number of nitrogens with one attached hydrogen (secondary N) is 1. The quantitative estimate of drug-likeness (QED) is 0.521. The molecule has 2 aromatic rings. The second-order valence-corrected chi connectivity index (χ2v) is 6.49. The zero-order valence-electron chi connectivity index (χ0n) is 16.7. The number of benzene rings is 2. The van der Waals surface area contributed by atoms with Crippen LogP contribution >= 0.6 is 0 Å². The minimum absolute atomic E-state index is 0.117. The lowest BCUT2D eigenvalue weighted by Crippen LogP contribution is -2.49. The minimum Gasteiger partial charge on any atom is -0.464 e. The second kappa shape index (κ2) is 10.4. The van der Waals surface area contributed by atoms with Gasteiger partial charge in [-0.25, -0.2) is 4.79 Å². The Labute approximate surface area is 169 Å². The molecule has 0 bridgehead atoms. The van der Waals surface area contributed by atoms with Gasteiger partial charge in [0.2, 0.25) is 0 Å². The number of ether oxygens (including phenoxy) is 2. The Hall–Kier alpha value is -3.19. The fourth-order valence-electron chi connectivity index (χ4n) is 2.87. The van der Waals surface area contributed by atoms with Gasteiger partial charge in [-0.3, -0.25) is 9.59 Å². The maximum absolute atomic E-state index is 12.9. The fourth-order valence-corrected chi connectivity index (χ4v) is 2.87. The molecule has 0 aromatic heterocycles. The molecule has 0 heterocycles. The molecule has 154 valence electrons. The van der Waals surface area contributed by atoms with Crippen molar-refractivity contribution in [1.82, 2.24) is 5.32 Å². The van der Waals surface area contributed by atoms with Gasteiger partial charge >= 0.3 is 11.9 Å². The molecule has 1 amide bonds. The summed E-state index contributed by atoms with van der Waals surface area (Å²) >= 11 is 0. The van der Waals surface area contributed by atoms with E-state index in [0.29, 0.717) is 5.56 Å². The van der Waals surface area contributed by atoms with Crippen LogP contribution in [-0.4, -0.2) is 41.7 Å². The van der Waals surface area contributed by atoms with Crippen LogP contribution in [0.25, 0.3) is 0 Å². The van der Waals surface area contributed by atoms with Crippen LogP contribution in [-0.2, 0) is 20.7 Å². The lowest BCUT2D eigenvalue weighted by Gasteiger charge is -2.23. The molecule has 2 atom stereocenters. The molecule has 2 N–H and O–H groups in total. The van der Waals surface area contributed by atoms with Gasteiger partial charge in [-0.1, -0.05) is 36.4 Å². The molecule has 2 unspecified atom stereocenters. The van der Waals surface area contributed by atoms with Crippen molar-refractivity contribution >= 4 is 17.8 Å². The van der Waals surface area contributed by atoms with Crippen LogP contribution < -0.4 is 10.1 Å². The number of hydrogen-bond donors (Lipinski definition) is 2. The molecule has 0 saturated heterocycles. The summed E-state index contributed by atoms with van der Waals surface area (Å²) in [5.74, 6) is -1.53. The highest BCUT2D eigenvalue weighted by Crippen LogP contribution is 2.22. The lowest BCUT2D eigenvalue weighted by molar-refractivity contribution is -0.154. The van der Waals surface area contributed by atoms with E-state index in [1.807, 2.05) is 30.3 Å². The number of carbonyl (C=O) groups is 3. The van der Waals surface area contributed by atoms with E-state index in [-0.39, 0.29) is 24.3 Å². The van der Waals surface area contributed by atoms with E-state index in [1.54, 1.807) is 32.0 Å². The normalized spacial score (nSPS) is 12.6. The van der Waals surface area contributed by atoms with Gasteiger partial charge in [0, 0.05) is 18.1 Å². The van der Waals surface area contributed by atoms with Crippen molar-refractivity contribution in [2.75, 3.05) is 6.61 Å². The number of hydrogen-bond acceptors (Lipinski definition) is 6. The largest absolute Gasteiger partial charge is 0.464 e. The first-order chi connectivity index (χ1) is 13.8. The molecular weight excluding hydrogens is 374 g/mol. The Bertz CT molecular complexity index is 865. The number of amides is 1. The topological polar surface area (TPSA) is 102 Å². The van der Waals surface area contributed by atoms with Crippen molar-refractivity contribution < 1.29 is 29.0 Å². The third kappa shape index (κ3) is 6.15. The molecule has 2 rings (SSSR count). The van der Waals surface area contributed by atoms with Crippen LogP contribution in [0.3, 0.4) is 0 Å². The molecule has 0 aliphatic carbocycles. The van der Waals surface area contributed by atoms with Gasteiger partial charge < -0.3 is 19.9 Å². The van der Waals surface area contributed by atoms with Crippen molar-refractivity contribution in [1.29, 1.82) is 0 Å². The summed E-state index contributed by atoms with van der Waals surface area (Å²) in [4.78, 5) is 36.2. The van der Waals surface area contributed by atoms with Gasteiger partial charge in [-0.15, -0.1) is 0 Å². The molecule has 0 spiro atoms. The summed E-state index contributed by atoms with van der Waals surface area (Å²) in [6.45, 7) is 4.68. The lowest BCUT2D eigenvalue weighted by atomic mass is 10.00. The third-order valence-electron chi connectivity index (χ3n) is 4.31. The third-order valence-corrected chi connectivity index (χ3v) is 4.31. The molecular formula is C22H25NO6. The van der Waals surface area contributed by atoms with E-state index in [2.05, 4.69) is 5.32 Å². The number of aliphatic hydroxyl groups excluding tert-OH is 1. The summed E-state index contributed by atoms with van der Waals surface area (Å²) in [5, 5.41) is 13.2. The van der Waals surface area contributed by atoms with Crippen LogP contribution in [0.4, 0.5) is 0 Å². The van der Waals surface area contributed by atoms with Gasteiger partial charge in [-0.05, 0) is 38.0 Å². The Morgan fingerprint density at radius 1 is 1.07 bits per heavy atom. The number of esters is 2. The highest BCUT2D eigenvalue weighted by atomic mass is 16.5. The molecule has 29 heavy (non-hydrogen) atoms. The summed E-state index contributed by atoms with van der Waals surface area (Å²) in [6.07, 6.45) is -1.30. The van der Waals surface area contributed by atoms with Gasteiger partial charge in [0.15, 0.2) is 6.10 Å². The van der Waals surface area contributed by atoms with Crippen molar-refractivity contribution in [3.63, 3.8) is 0 Å². The zero-order valence-corrected chi connectivity index (χ0v) is 16.7. The summed E-state index contributed by atoms with van der Waals surface area (Å²) in [5.41, 5.74) is 1.59. The average Bonchev–Trinajstić information content (AvgIpc) is 2.69. The number of rotatable bonds is 8. The maximum atomic E-state index is 12.9. The van der Waals surface area contributed by atoms with E-state index in [4.69, 9.17) is 9.47 Å². The summed E-state index contributed by atoms with van der Waals surface area (Å²) in [7, 11) is 0. The van der Waals surface area contributed by atoms with Crippen molar-refractivity contribution in [3.05, 3.63) is 65.2 Å². The molecule has 0 fully saturated rings. The summed E-state index contributed by atoms with van der Waals surface area (Å²) < 4.78 is 10.0. The molecule has 7 nitrogen and oxygen atoms in total. The molecule has 0 aliphatic rings. The first-order valence-electron chi connectivity index (χ1n) is 9.31. The Kier molecular flexibility index (Phi) is 7.91. The average molecular weight is 399 g/mol. The first kappa shape index (κ1) is 22.1. The van der Waals surface area contributed by atoms with Crippen LogP contribution in [0.5, 0.6) is 5.75 Å². The van der Waals surface area contributed by atoms with Crippen molar-refractivity contribution in [2.24, 2.45) is 0 Å². The molecule has 0 aliphatic heterocycles. The highest BCUT2D eigenvalue weighted by Gasteiger charge is 2.30. The van der Waals surface area contributed by atoms with Gasteiger partial charge in [0.1, 0.15) is 5.75 Å². The standard InChI is InChI=1S/C22H25NO6/c1-4-28-22(27)20(25)18(13-16-9-6-5-7-10-16)23-21(26)17-11-8-12-19(14(17)2)29-15(3)24/h5-12,18,20,25H,4,13H2,1-3H3,(H,23,26). The summed E-state index contributed by atoms with van der Waals surface area (Å²) in [6, 6.07) is 13.0. The van der Waals surface area contributed by atoms with E-state index in [9.17, 15) is 19.5 Å². The van der Waals surface area contributed by atoms with Crippen LogP contribution in [0.2, 0.25) is 0 Å². The Balaban J connectivity index is 2.26. The van der Waals surface area contributed by atoms with Crippen LogP contribution in [0, 0.1) is 6.92 Å². The minimum atomic E-state index is -1.53. The maximum Gasteiger partial charge on any atom is 0.337 e. The number of aliphatic hydroxyl groups is 1. The first-order valence-corrected chi connectivity index (χ1v) is 9.31. The molecule has 0 radical (unpaired) electrons. The van der Waals surface area contributed by atoms with Gasteiger partial charge in [-0.2, -0.15) is 0 Å². The molecule has 2 aromatic carbocycles. The van der Waals surface area contributed by atoms with E-state index in [0.717, 1.165) is 5.56 Å². The van der Waals surface area contributed by atoms with Crippen LogP contribution in [0.15, 0.2) is 48.5 Å². The predicted octanol–water partition coefficient (Wildman–Crippen LogP) is 2.19. The zero-order chi connectivity index (χ0) is 21.4. The van der Waals surface area contributed by atoms with Crippen molar-refractivity contribution in [2.45, 2.75) is 39.3 Å². The molecule has 7 heteroatoms. The van der Waals surface area contributed by atoms with Crippen LogP contribution in [0.1, 0.15) is 35.3 Å². The smallest absolute Gasteiger partial charge is 0.337 e. The van der Waals surface area contributed by atoms with Gasteiger partial charge in [0.05, 0.1) is 12.6 Å². The Morgan fingerprint density at radius 3 is 2.38 bits per heavy atom. The van der Waals surface area contributed by atoms with E-state index in [1.165, 1.54) is 6.92 Å². The van der Waals surface area contributed by atoms with E-state index < -0.39 is 30.0 Å². The monoisotopic (exact) mass is 399 g/mol. The van der Waals surface area contributed by atoms with Gasteiger partial charge in [0.25, 0.3) is 5.91 Å². The Morgan fingerprint density at radius 2 is 1.76 bits per heavy atom. The predicted molar refractivity (Wildman–Crippen MR) is 107 cm³/mol. The second-order valence-electron chi connectivity index (χ2n) is 6.49. The van der Waals surface area contributed by atoms with Crippen molar-refractivity contribution in [3.8, 4) is 5.75 Å². The fraction of sp³-hybridized carbons (Fsp3) is 0.318. The van der Waals surface area contributed by atoms with E-state index >= 15 is 0 Å². The highest BCUT2D eigenvalue weighted by molar-refractivity contribution is 5.97.